The van der Waals surface area contributed by atoms with E-state index in [1.54, 1.807) is 0 Å². The Balaban J connectivity index is 2.60. The predicted molar refractivity (Wildman–Crippen MR) is 90.6 cm³/mol. The van der Waals surface area contributed by atoms with Crippen LogP contribution < -0.4 is 5.32 Å². The van der Waals surface area contributed by atoms with E-state index in [0.29, 0.717) is 6.04 Å². The average Bonchev–Trinajstić information content (AvgIpc) is 2.81. The molecule has 2 unspecified atom stereocenters. The molecule has 1 rings (SSSR count). The molecule has 2 atom stereocenters. The third kappa shape index (κ3) is 5.88. The first kappa shape index (κ1) is 17.6. The molecule has 0 aliphatic carbocycles. The van der Waals surface area contributed by atoms with Gasteiger partial charge in [-0.15, -0.1) is 0 Å². The maximum Gasteiger partial charge on any atom is 0.0624 e. The zero-order chi connectivity index (χ0) is 15.0. The Morgan fingerprint density at radius 1 is 1.35 bits per heavy atom. The van der Waals surface area contributed by atoms with Crippen LogP contribution in [0.15, 0.2) is 6.07 Å². The van der Waals surface area contributed by atoms with Crippen molar-refractivity contribution in [1.82, 2.24) is 15.1 Å². The highest BCUT2D eigenvalue weighted by Gasteiger charge is 2.14. The fraction of sp³-hybridized carbons (Fsp3) is 0.812. The van der Waals surface area contributed by atoms with Crippen LogP contribution in [0.25, 0.3) is 0 Å². The first-order chi connectivity index (χ1) is 9.60. The van der Waals surface area contributed by atoms with Crippen LogP contribution in [0.2, 0.25) is 0 Å². The number of rotatable bonds is 10. The van der Waals surface area contributed by atoms with Crippen LogP contribution in [0.5, 0.6) is 0 Å². The number of nitrogens with one attached hydrogen (secondary N) is 1. The Morgan fingerprint density at radius 2 is 2.10 bits per heavy atom. The van der Waals surface area contributed by atoms with Gasteiger partial charge in [0.15, 0.2) is 0 Å². The number of aryl methyl sites for hydroxylation is 2. The topological polar surface area (TPSA) is 29.9 Å². The highest BCUT2D eigenvalue weighted by Crippen LogP contribution is 2.17. The van der Waals surface area contributed by atoms with E-state index >= 15 is 0 Å². The zero-order valence-corrected chi connectivity index (χ0v) is 14.6. The van der Waals surface area contributed by atoms with E-state index in [1.165, 1.54) is 30.0 Å². The van der Waals surface area contributed by atoms with Crippen LogP contribution in [0.4, 0.5) is 0 Å². The van der Waals surface area contributed by atoms with Gasteiger partial charge in [0, 0.05) is 36.2 Å². The lowest BCUT2D eigenvalue weighted by Crippen LogP contribution is -2.35. The first-order valence-corrected chi connectivity index (χ1v) is 9.02. The van der Waals surface area contributed by atoms with E-state index in [9.17, 15) is 0 Å². The van der Waals surface area contributed by atoms with Crippen LogP contribution in [0.3, 0.4) is 0 Å². The molecule has 20 heavy (non-hydrogen) atoms. The second-order valence-corrected chi connectivity index (χ2v) is 6.98. The van der Waals surface area contributed by atoms with Gasteiger partial charge < -0.3 is 5.32 Å². The van der Waals surface area contributed by atoms with Crippen LogP contribution in [0, 0.1) is 0 Å². The van der Waals surface area contributed by atoms with Crippen molar-refractivity contribution >= 4 is 11.8 Å². The number of aromatic nitrogens is 2. The molecule has 1 heterocycles. The van der Waals surface area contributed by atoms with Gasteiger partial charge in [0.25, 0.3) is 0 Å². The summed E-state index contributed by atoms with van der Waals surface area (Å²) in [6.07, 6.45) is 4.53. The van der Waals surface area contributed by atoms with E-state index in [2.05, 4.69) is 63.0 Å². The van der Waals surface area contributed by atoms with Gasteiger partial charge in [0.05, 0.1) is 5.69 Å². The smallest absolute Gasteiger partial charge is 0.0624 e. The van der Waals surface area contributed by atoms with E-state index in [0.717, 1.165) is 24.6 Å². The van der Waals surface area contributed by atoms with Crippen molar-refractivity contribution in [3.63, 3.8) is 0 Å². The fourth-order valence-corrected chi connectivity index (χ4v) is 3.16. The summed E-state index contributed by atoms with van der Waals surface area (Å²) in [5, 5.41) is 8.99. The monoisotopic (exact) mass is 297 g/mol. The lowest BCUT2D eigenvalue weighted by molar-refractivity contribution is 0.531. The summed E-state index contributed by atoms with van der Waals surface area (Å²) in [7, 11) is 2.06. The summed E-state index contributed by atoms with van der Waals surface area (Å²) in [6.45, 7) is 10.1. The van der Waals surface area contributed by atoms with Crippen molar-refractivity contribution in [2.75, 3.05) is 12.3 Å². The Kier molecular flexibility index (Phi) is 8.31. The SMILES string of the molecule is CCCNC(CSC(C)CC)Cc1cc(CC)nn1C. The Morgan fingerprint density at radius 3 is 2.65 bits per heavy atom. The molecule has 0 saturated heterocycles. The maximum atomic E-state index is 4.56. The molecule has 0 radical (unpaired) electrons. The Bertz CT molecular complexity index is 376. The molecule has 3 nitrogen and oxygen atoms in total. The van der Waals surface area contributed by atoms with Gasteiger partial charge in [-0.2, -0.15) is 16.9 Å². The maximum absolute atomic E-state index is 4.56. The van der Waals surface area contributed by atoms with Gasteiger partial charge in [-0.05, 0) is 31.9 Å². The molecule has 1 N–H and O–H groups in total. The third-order valence-corrected chi connectivity index (χ3v) is 5.18. The van der Waals surface area contributed by atoms with E-state index in [-0.39, 0.29) is 0 Å². The minimum Gasteiger partial charge on any atom is -0.313 e. The first-order valence-electron chi connectivity index (χ1n) is 7.97. The highest BCUT2D eigenvalue weighted by molar-refractivity contribution is 7.99. The van der Waals surface area contributed by atoms with Gasteiger partial charge >= 0.3 is 0 Å². The molecule has 0 bridgehead atoms. The molecule has 0 saturated carbocycles. The molecule has 0 aromatic carbocycles. The molecule has 0 spiro atoms. The molecule has 0 fully saturated rings. The molecule has 1 aromatic heterocycles. The zero-order valence-electron chi connectivity index (χ0n) is 13.8. The Labute approximate surface area is 128 Å². The third-order valence-electron chi connectivity index (χ3n) is 3.68. The standard InChI is InChI=1S/C16H31N3S/c1-6-9-17-15(12-20-13(4)7-2)11-16-10-14(8-3)18-19(16)5/h10,13,15,17H,6-9,11-12H2,1-5H3. The summed E-state index contributed by atoms with van der Waals surface area (Å²) in [5.74, 6) is 1.18. The molecule has 4 heteroatoms. The van der Waals surface area contributed by atoms with Crippen molar-refractivity contribution in [1.29, 1.82) is 0 Å². The summed E-state index contributed by atoms with van der Waals surface area (Å²) in [5.41, 5.74) is 2.55. The number of hydrogen-bond acceptors (Lipinski definition) is 3. The number of nitrogens with zero attached hydrogens (tertiary/aromatic N) is 2. The van der Waals surface area contributed by atoms with E-state index in [1.807, 2.05) is 4.68 Å². The Hall–Kier alpha value is -0.480. The van der Waals surface area contributed by atoms with Crippen molar-refractivity contribution in [3.05, 3.63) is 17.5 Å². The van der Waals surface area contributed by atoms with Gasteiger partial charge in [0.2, 0.25) is 0 Å². The second-order valence-electron chi connectivity index (χ2n) is 5.51. The number of hydrogen-bond donors (Lipinski definition) is 1. The van der Waals surface area contributed by atoms with Crippen LogP contribution in [-0.2, 0) is 19.9 Å². The lowest BCUT2D eigenvalue weighted by atomic mass is 10.1. The van der Waals surface area contributed by atoms with Gasteiger partial charge in [-0.1, -0.05) is 27.7 Å². The summed E-state index contributed by atoms with van der Waals surface area (Å²) < 4.78 is 2.05. The fourth-order valence-electron chi connectivity index (χ4n) is 2.12. The minimum absolute atomic E-state index is 0.550. The molecular formula is C16H31N3S. The predicted octanol–water partition coefficient (Wildman–Crippen LogP) is 3.42. The molecular weight excluding hydrogens is 266 g/mol. The molecule has 116 valence electrons. The molecule has 0 aliphatic rings. The van der Waals surface area contributed by atoms with Crippen molar-refractivity contribution in [2.45, 2.75) is 64.7 Å². The summed E-state index contributed by atoms with van der Waals surface area (Å²) >= 11 is 2.08. The normalized spacial score (nSPS) is 14.4. The summed E-state index contributed by atoms with van der Waals surface area (Å²) in [4.78, 5) is 0. The van der Waals surface area contributed by atoms with Crippen LogP contribution in [-0.4, -0.2) is 33.4 Å². The van der Waals surface area contributed by atoms with E-state index in [4.69, 9.17) is 0 Å². The van der Waals surface area contributed by atoms with E-state index < -0.39 is 0 Å². The van der Waals surface area contributed by atoms with Crippen molar-refractivity contribution < 1.29 is 0 Å². The quantitative estimate of drug-likeness (QED) is 0.717. The largest absolute Gasteiger partial charge is 0.313 e. The van der Waals surface area contributed by atoms with Crippen molar-refractivity contribution in [3.8, 4) is 0 Å². The van der Waals surface area contributed by atoms with Gasteiger partial charge in [0.1, 0.15) is 0 Å². The van der Waals surface area contributed by atoms with Gasteiger partial charge in [-0.3, -0.25) is 4.68 Å². The van der Waals surface area contributed by atoms with Crippen LogP contribution in [0.1, 0.15) is 51.9 Å². The molecule has 1 aromatic rings. The number of thioether (sulfide) groups is 1. The highest BCUT2D eigenvalue weighted by atomic mass is 32.2. The van der Waals surface area contributed by atoms with Crippen molar-refractivity contribution in [2.24, 2.45) is 7.05 Å². The molecule has 0 amide bonds. The van der Waals surface area contributed by atoms with Gasteiger partial charge in [-0.25, -0.2) is 0 Å². The summed E-state index contributed by atoms with van der Waals surface area (Å²) in [6, 6.07) is 2.81. The second kappa shape index (κ2) is 9.46. The minimum atomic E-state index is 0.550. The van der Waals surface area contributed by atoms with Crippen LogP contribution >= 0.6 is 11.8 Å². The average molecular weight is 298 g/mol. The molecule has 0 aliphatic heterocycles. The lowest BCUT2D eigenvalue weighted by Gasteiger charge is -2.20.